The van der Waals surface area contributed by atoms with E-state index in [1.807, 2.05) is 0 Å². The zero-order valence-electron chi connectivity index (χ0n) is 12.2. The van der Waals surface area contributed by atoms with Gasteiger partial charge in [-0.2, -0.15) is 0 Å². The molecule has 0 saturated heterocycles. The third-order valence-electron chi connectivity index (χ3n) is 3.38. The van der Waals surface area contributed by atoms with Crippen molar-refractivity contribution in [1.82, 2.24) is 5.32 Å². The predicted molar refractivity (Wildman–Crippen MR) is 85.3 cm³/mol. The summed E-state index contributed by atoms with van der Waals surface area (Å²) < 4.78 is 23.8. The highest BCUT2D eigenvalue weighted by Crippen LogP contribution is 2.23. The smallest absolute Gasteiger partial charge is 0.287 e. The lowest BCUT2D eigenvalue weighted by molar-refractivity contribution is 0.0925. The van der Waals surface area contributed by atoms with Crippen molar-refractivity contribution in [3.63, 3.8) is 0 Å². The van der Waals surface area contributed by atoms with Gasteiger partial charge in [-0.05, 0) is 42.5 Å². The average Bonchev–Trinajstić information content (AvgIpc) is 2.95. The van der Waals surface area contributed by atoms with Gasteiger partial charge in [-0.1, -0.05) is 11.6 Å². The van der Waals surface area contributed by atoms with Crippen LogP contribution in [-0.2, 0) is 6.54 Å². The van der Waals surface area contributed by atoms with Crippen molar-refractivity contribution in [2.24, 2.45) is 0 Å². The highest BCUT2D eigenvalue weighted by molar-refractivity contribution is 6.30. The summed E-state index contributed by atoms with van der Waals surface area (Å²) in [5.74, 6) is -0.0365. The van der Waals surface area contributed by atoms with Gasteiger partial charge in [0.25, 0.3) is 5.91 Å². The first kappa shape index (κ1) is 15.4. The molecule has 0 bridgehead atoms. The number of rotatable bonds is 4. The number of furan rings is 1. The van der Waals surface area contributed by atoms with Crippen molar-refractivity contribution in [3.05, 3.63) is 64.6 Å². The Labute approximate surface area is 136 Å². The van der Waals surface area contributed by atoms with Crippen LogP contribution in [0.3, 0.4) is 0 Å². The number of hydrogen-bond donors (Lipinski definition) is 1. The maximum Gasteiger partial charge on any atom is 0.287 e. The molecule has 2 aromatic carbocycles. The summed E-state index contributed by atoms with van der Waals surface area (Å²) in [5, 5.41) is 3.82. The lowest BCUT2D eigenvalue weighted by Crippen LogP contribution is -2.22. The van der Waals surface area contributed by atoms with Crippen LogP contribution in [0.25, 0.3) is 11.0 Å². The number of nitrogens with one attached hydrogen (secondary N) is 1. The third kappa shape index (κ3) is 3.29. The molecule has 118 valence electrons. The van der Waals surface area contributed by atoms with Crippen molar-refractivity contribution in [1.29, 1.82) is 0 Å². The van der Waals surface area contributed by atoms with Gasteiger partial charge in [0, 0.05) is 22.5 Å². The molecule has 3 aromatic rings. The van der Waals surface area contributed by atoms with Gasteiger partial charge in [0.15, 0.2) is 5.76 Å². The Hall–Kier alpha value is -2.53. The number of hydrogen-bond acceptors (Lipinski definition) is 3. The second-order valence-electron chi connectivity index (χ2n) is 4.93. The SMILES string of the molecule is COc1ccc(Cl)cc1CNC(=O)c1cc2cc(F)ccc2o1. The molecule has 0 aliphatic heterocycles. The maximum absolute atomic E-state index is 13.2. The van der Waals surface area contributed by atoms with Gasteiger partial charge in [0.2, 0.25) is 0 Å². The van der Waals surface area contributed by atoms with Crippen LogP contribution < -0.4 is 10.1 Å². The lowest BCUT2D eigenvalue weighted by atomic mass is 10.2. The number of carbonyl (C=O) groups excluding carboxylic acids is 1. The first-order valence-corrected chi connectivity index (χ1v) is 7.24. The van der Waals surface area contributed by atoms with Crippen molar-refractivity contribution in [3.8, 4) is 5.75 Å². The van der Waals surface area contributed by atoms with E-state index in [0.717, 1.165) is 5.56 Å². The molecule has 4 nitrogen and oxygen atoms in total. The van der Waals surface area contributed by atoms with E-state index in [-0.39, 0.29) is 18.1 Å². The average molecular weight is 334 g/mol. The standard InChI is InChI=1S/C17H13ClFNO3/c1-22-14-4-2-12(18)6-11(14)9-20-17(21)16-8-10-7-13(19)3-5-15(10)23-16/h2-8H,9H2,1H3,(H,20,21). The van der Waals surface area contributed by atoms with Gasteiger partial charge in [-0.3, -0.25) is 4.79 Å². The van der Waals surface area contributed by atoms with Crippen LogP contribution in [0.5, 0.6) is 5.75 Å². The molecule has 23 heavy (non-hydrogen) atoms. The third-order valence-corrected chi connectivity index (χ3v) is 3.62. The van der Waals surface area contributed by atoms with E-state index in [1.165, 1.54) is 24.3 Å². The van der Waals surface area contributed by atoms with E-state index in [9.17, 15) is 9.18 Å². The minimum atomic E-state index is -0.399. The van der Waals surface area contributed by atoms with Gasteiger partial charge in [-0.25, -0.2) is 4.39 Å². The van der Waals surface area contributed by atoms with Gasteiger partial charge >= 0.3 is 0 Å². The fourth-order valence-electron chi connectivity index (χ4n) is 2.27. The molecule has 1 N–H and O–H groups in total. The number of amides is 1. The Balaban J connectivity index is 1.77. The molecule has 6 heteroatoms. The van der Waals surface area contributed by atoms with E-state index < -0.39 is 5.91 Å². The molecule has 0 aliphatic carbocycles. The minimum absolute atomic E-state index is 0.117. The van der Waals surface area contributed by atoms with Crippen LogP contribution >= 0.6 is 11.6 Å². The Bertz CT molecular complexity index is 875. The fraction of sp³-hybridized carbons (Fsp3) is 0.118. The Morgan fingerprint density at radius 2 is 2.09 bits per heavy atom. The fourth-order valence-corrected chi connectivity index (χ4v) is 2.47. The summed E-state index contributed by atoms with van der Waals surface area (Å²) in [6, 6.07) is 10.7. The van der Waals surface area contributed by atoms with E-state index in [0.29, 0.717) is 21.7 Å². The molecule has 1 aromatic heterocycles. The summed E-state index contributed by atoms with van der Waals surface area (Å²) in [6.07, 6.45) is 0. The van der Waals surface area contributed by atoms with Crippen LogP contribution in [0.1, 0.15) is 16.1 Å². The highest BCUT2D eigenvalue weighted by Gasteiger charge is 2.13. The van der Waals surface area contributed by atoms with E-state index in [2.05, 4.69) is 5.32 Å². The minimum Gasteiger partial charge on any atom is -0.496 e. The molecular formula is C17H13ClFNO3. The van der Waals surface area contributed by atoms with Crippen molar-refractivity contribution in [2.75, 3.05) is 7.11 Å². The number of ether oxygens (including phenoxy) is 1. The molecule has 0 unspecified atom stereocenters. The number of benzene rings is 2. The van der Waals surface area contributed by atoms with Crippen molar-refractivity contribution < 1.29 is 18.3 Å². The molecule has 0 radical (unpaired) electrons. The summed E-state index contributed by atoms with van der Waals surface area (Å²) >= 11 is 5.95. The molecule has 0 atom stereocenters. The Kier molecular flexibility index (Phi) is 4.21. The molecule has 0 aliphatic rings. The van der Waals surface area contributed by atoms with Gasteiger partial charge < -0.3 is 14.5 Å². The topological polar surface area (TPSA) is 51.5 Å². The second kappa shape index (κ2) is 6.30. The van der Waals surface area contributed by atoms with E-state index in [4.69, 9.17) is 20.8 Å². The zero-order chi connectivity index (χ0) is 16.4. The van der Waals surface area contributed by atoms with E-state index in [1.54, 1.807) is 25.3 Å². The van der Waals surface area contributed by atoms with Crippen molar-refractivity contribution in [2.45, 2.75) is 6.54 Å². The monoisotopic (exact) mass is 333 g/mol. The number of methoxy groups -OCH3 is 1. The Morgan fingerprint density at radius 3 is 2.87 bits per heavy atom. The van der Waals surface area contributed by atoms with Crippen LogP contribution in [-0.4, -0.2) is 13.0 Å². The van der Waals surface area contributed by atoms with Crippen LogP contribution in [0, 0.1) is 5.82 Å². The highest BCUT2D eigenvalue weighted by atomic mass is 35.5. The molecule has 3 rings (SSSR count). The van der Waals surface area contributed by atoms with Crippen molar-refractivity contribution >= 4 is 28.5 Å². The van der Waals surface area contributed by atoms with Gasteiger partial charge in [-0.15, -0.1) is 0 Å². The number of carbonyl (C=O) groups is 1. The zero-order valence-corrected chi connectivity index (χ0v) is 13.0. The summed E-state index contributed by atoms with van der Waals surface area (Å²) in [6.45, 7) is 0.230. The first-order chi connectivity index (χ1) is 11.1. The summed E-state index contributed by atoms with van der Waals surface area (Å²) in [5.41, 5.74) is 1.20. The molecule has 0 fully saturated rings. The lowest BCUT2D eigenvalue weighted by Gasteiger charge is -2.09. The molecule has 0 spiro atoms. The van der Waals surface area contributed by atoms with Gasteiger partial charge in [0.05, 0.1) is 7.11 Å². The molecule has 1 heterocycles. The largest absolute Gasteiger partial charge is 0.496 e. The van der Waals surface area contributed by atoms with Gasteiger partial charge in [0.1, 0.15) is 17.1 Å². The quantitative estimate of drug-likeness (QED) is 0.779. The first-order valence-electron chi connectivity index (χ1n) is 6.86. The Morgan fingerprint density at radius 1 is 1.26 bits per heavy atom. The summed E-state index contributed by atoms with van der Waals surface area (Å²) in [7, 11) is 1.54. The number of halogens is 2. The van der Waals surface area contributed by atoms with Crippen LogP contribution in [0.15, 0.2) is 46.9 Å². The second-order valence-corrected chi connectivity index (χ2v) is 5.37. The predicted octanol–water partition coefficient (Wildman–Crippen LogP) is 4.16. The maximum atomic E-state index is 13.2. The molecular weight excluding hydrogens is 321 g/mol. The molecule has 1 amide bonds. The van der Waals surface area contributed by atoms with Crippen LogP contribution in [0.2, 0.25) is 5.02 Å². The van der Waals surface area contributed by atoms with Crippen LogP contribution in [0.4, 0.5) is 4.39 Å². The molecule has 0 saturated carbocycles. The summed E-state index contributed by atoms with van der Waals surface area (Å²) in [4.78, 5) is 12.2. The van der Waals surface area contributed by atoms with E-state index >= 15 is 0 Å². The normalized spacial score (nSPS) is 10.7. The number of fused-ring (bicyclic) bond motifs is 1.